The maximum absolute atomic E-state index is 12.7. The molecule has 1 aromatic heterocycles. The molecule has 1 saturated heterocycles. The third-order valence-electron chi connectivity index (χ3n) is 5.47. The van der Waals surface area contributed by atoms with E-state index in [4.69, 9.17) is 0 Å². The van der Waals surface area contributed by atoms with E-state index in [1.54, 1.807) is 19.2 Å². The molecular formula is C22H32F3IN6. The van der Waals surface area contributed by atoms with Gasteiger partial charge < -0.3 is 10.6 Å². The van der Waals surface area contributed by atoms with Gasteiger partial charge in [-0.1, -0.05) is 12.1 Å². The first-order chi connectivity index (χ1) is 14.7. The Hall–Kier alpha value is -1.82. The van der Waals surface area contributed by atoms with E-state index < -0.39 is 11.7 Å². The van der Waals surface area contributed by atoms with Crippen molar-refractivity contribution < 1.29 is 13.2 Å². The van der Waals surface area contributed by atoms with Crippen LogP contribution in [-0.2, 0) is 19.3 Å². The Kier molecular flexibility index (Phi) is 9.81. The molecule has 1 aliphatic heterocycles. The summed E-state index contributed by atoms with van der Waals surface area (Å²) in [5.41, 5.74) is 2.48. The van der Waals surface area contributed by atoms with Crippen LogP contribution in [0.2, 0.25) is 0 Å². The maximum atomic E-state index is 12.7. The third kappa shape index (κ3) is 7.65. The molecule has 2 heterocycles. The van der Waals surface area contributed by atoms with Crippen LogP contribution in [0.1, 0.15) is 35.4 Å². The van der Waals surface area contributed by atoms with E-state index in [1.165, 1.54) is 5.69 Å². The summed E-state index contributed by atoms with van der Waals surface area (Å²) in [4.78, 5) is 6.55. The number of halogens is 4. The fourth-order valence-corrected chi connectivity index (χ4v) is 3.88. The highest BCUT2D eigenvalue weighted by Gasteiger charge is 2.30. The van der Waals surface area contributed by atoms with Gasteiger partial charge in [-0.25, -0.2) is 0 Å². The summed E-state index contributed by atoms with van der Waals surface area (Å²) < 4.78 is 40.1. The Morgan fingerprint density at radius 1 is 1.22 bits per heavy atom. The molecule has 10 heteroatoms. The fraction of sp³-hybridized carbons (Fsp3) is 0.545. The number of hydrogen-bond donors (Lipinski definition) is 2. The number of guanidine groups is 1. The number of benzene rings is 1. The second kappa shape index (κ2) is 11.9. The number of aromatic nitrogens is 2. The van der Waals surface area contributed by atoms with Crippen LogP contribution in [0.15, 0.2) is 35.3 Å². The van der Waals surface area contributed by atoms with E-state index in [1.807, 2.05) is 11.6 Å². The summed E-state index contributed by atoms with van der Waals surface area (Å²) in [6, 6.07) is 7.76. The lowest BCUT2D eigenvalue weighted by Gasteiger charge is -2.19. The van der Waals surface area contributed by atoms with Gasteiger partial charge in [0.05, 0.1) is 11.3 Å². The van der Waals surface area contributed by atoms with E-state index in [0.717, 1.165) is 68.4 Å². The second-order valence-electron chi connectivity index (χ2n) is 8.06. The molecule has 1 atom stereocenters. The van der Waals surface area contributed by atoms with Crippen LogP contribution in [0.5, 0.6) is 0 Å². The van der Waals surface area contributed by atoms with Gasteiger partial charge in [-0.15, -0.1) is 24.0 Å². The molecule has 0 bridgehead atoms. The molecule has 178 valence electrons. The molecule has 32 heavy (non-hydrogen) atoms. The smallest absolute Gasteiger partial charge is 0.356 e. The average Bonchev–Trinajstić information content (AvgIpc) is 3.29. The summed E-state index contributed by atoms with van der Waals surface area (Å²) in [5.74, 6) is 0.773. The van der Waals surface area contributed by atoms with Gasteiger partial charge in [0.2, 0.25) is 0 Å². The Bertz CT molecular complexity index is 879. The predicted octanol–water partition coefficient (Wildman–Crippen LogP) is 3.97. The van der Waals surface area contributed by atoms with Crippen molar-refractivity contribution in [2.45, 2.75) is 52.0 Å². The van der Waals surface area contributed by atoms with E-state index in [9.17, 15) is 13.2 Å². The molecule has 6 nitrogen and oxygen atoms in total. The van der Waals surface area contributed by atoms with Crippen LogP contribution in [0.25, 0.3) is 0 Å². The zero-order valence-electron chi connectivity index (χ0n) is 18.7. The molecule has 0 amide bonds. The lowest BCUT2D eigenvalue weighted by molar-refractivity contribution is -0.137. The number of alkyl halides is 3. The molecule has 0 spiro atoms. The van der Waals surface area contributed by atoms with Crippen LogP contribution in [0.3, 0.4) is 0 Å². The molecule has 1 unspecified atom stereocenters. The number of nitrogens with zero attached hydrogens (tertiary/aromatic N) is 4. The van der Waals surface area contributed by atoms with Gasteiger partial charge in [0.25, 0.3) is 0 Å². The number of aryl methyl sites for hydroxylation is 3. The Morgan fingerprint density at radius 2 is 1.94 bits per heavy atom. The molecule has 2 aromatic rings. The zero-order chi connectivity index (χ0) is 22.4. The van der Waals surface area contributed by atoms with Crippen LogP contribution < -0.4 is 10.6 Å². The van der Waals surface area contributed by atoms with Gasteiger partial charge in [-0.05, 0) is 50.5 Å². The van der Waals surface area contributed by atoms with E-state index in [-0.39, 0.29) is 30.0 Å². The number of nitrogens with one attached hydrogen (secondary N) is 2. The van der Waals surface area contributed by atoms with Gasteiger partial charge in [0.1, 0.15) is 0 Å². The highest BCUT2D eigenvalue weighted by Crippen LogP contribution is 2.29. The highest BCUT2D eigenvalue weighted by molar-refractivity contribution is 14.0. The summed E-state index contributed by atoms with van der Waals surface area (Å²) in [5, 5.41) is 11.3. The van der Waals surface area contributed by atoms with Crippen molar-refractivity contribution in [2.75, 3.05) is 26.7 Å². The van der Waals surface area contributed by atoms with Crippen LogP contribution in [0, 0.1) is 13.8 Å². The SMILES string of the molecule is CN=C(NCCCn1nc(C)cc1C)NC1CCN(Cc2ccc(C(F)(F)F)cc2)C1.I. The number of aliphatic imine (C=N–C) groups is 1. The van der Waals surface area contributed by atoms with Crippen LogP contribution >= 0.6 is 24.0 Å². The van der Waals surface area contributed by atoms with Gasteiger partial charge in [0, 0.05) is 51.5 Å². The predicted molar refractivity (Wildman–Crippen MR) is 131 cm³/mol. The Labute approximate surface area is 204 Å². The molecule has 1 aromatic carbocycles. The van der Waals surface area contributed by atoms with Crippen LogP contribution in [0.4, 0.5) is 13.2 Å². The van der Waals surface area contributed by atoms with Crippen LogP contribution in [-0.4, -0.2) is 53.4 Å². The lowest BCUT2D eigenvalue weighted by Crippen LogP contribution is -2.44. The molecule has 2 N–H and O–H groups in total. The summed E-state index contributed by atoms with van der Waals surface area (Å²) >= 11 is 0. The van der Waals surface area contributed by atoms with Crippen molar-refractivity contribution in [1.82, 2.24) is 25.3 Å². The number of rotatable bonds is 7. The number of hydrogen-bond acceptors (Lipinski definition) is 3. The summed E-state index contributed by atoms with van der Waals surface area (Å²) in [7, 11) is 1.76. The summed E-state index contributed by atoms with van der Waals surface area (Å²) in [6.07, 6.45) is -2.39. The quantitative estimate of drug-likeness (QED) is 0.232. The van der Waals surface area contributed by atoms with Crippen molar-refractivity contribution in [3.05, 3.63) is 52.8 Å². The molecule has 0 radical (unpaired) electrons. The van der Waals surface area contributed by atoms with E-state index in [0.29, 0.717) is 6.54 Å². The van der Waals surface area contributed by atoms with Gasteiger partial charge in [0.15, 0.2) is 5.96 Å². The Morgan fingerprint density at radius 3 is 2.53 bits per heavy atom. The second-order valence-corrected chi connectivity index (χ2v) is 8.06. The summed E-state index contributed by atoms with van der Waals surface area (Å²) in [6.45, 7) is 8.07. The average molecular weight is 564 g/mol. The minimum atomic E-state index is -4.29. The van der Waals surface area contributed by atoms with Gasteiger partial charge in [-0.3, -0.25) is 14.6 Å². The molecular weight excluding hydrogens is 532 g/mol. The number of likely N-dealkylation sites (tertiary alicyclic amines) is 1. The van der Waals surface area contributed by atoms with Gasteiger partial charge >= 0.3 is 6.18 Å². The molecule has 1 aliphatic rings. The Balaban J connectivity index is 0.00000363. The van der Waals surface area contributed by atoms with Crippen molar-refractivity contribution in [1.29, 1.82) is 0 Å². The first-order valence-electron chi connectivity index (χ1n) is 10.6. The van der Waals surface area contributed by atoms with E-state index in [2.05, 4.69) is 38.6 Å². The molecule has 0 saturated carbocycles. The molecule has 3 rings (SSSR count). The first kappa shape index (κ1) is 26.4. The largest absolute Gasteiger partial charge is 0.416 e. The van der Waals surface area contributed by atoms with Gasteiger partial charge in [-0.2, -0.15) is 18.3 Å². The van der Waals surface area contributed by atoms with Crippen molar-refractivity contribution in [3.63, 3.8) is 0 Å². The van der Waals surface area contributed by atoms with Crippen molar-refractivity contribution in [2.24, 2.45) is 4.99 Å². The standard InChI is InChI=1S/C22H31F3N6.HI/c1-16-13-17(2)31(29-16)11-4-10-27-21(26-3)28-20-9-12-30(15-20)14-18-5-7-19(8-6-18)22(23,24)25;/h5-8,13,20H,4,9-12,14-15H2,1-3H3,(H2,26,27,28);1H. The fourth-order valence-electron chi connectivity index (χ4n) is 3.88. The molecule has 0 aliphatic carbocycles. The maximum Gasteiger partial charge on any atom is 0.416 e. The van der Waals surface area contributed by atoms with E-state index >= 15 is 0 Å². The monoisotopic (exact) mass is 564 g/mol. The minimum absolute atomic E-state index is 0. The molecule has 1 fully saturated rings. The minimum Gasteiger partial charge on any atom is -0.356 e. The third-order valence-corrected chi connectivity index (χ3v) is 5.47. The topological polar surface area (TPSA) is 57.5 Å². The lowest BCUT2D eigenvalue weighted by atomic mass is 10.1. The van der Waals surface area contributed by atoms with Crippen molar-refractivity contribution >= 4 is 29.9 Å². The highest BCUT2D eigenvalue weighted by atomic mass is 127. The van der Waals surface area contributed by atoms with Crippen molar-refractivity contribution in [3.8, 4) is 0 Å². The first-order valence-corrected chi connectivity index (χ1v) is 10.6. The normalized spacial score (nSPS) is 17.3. The zero-order valence-corrected chi connectivity index (χ0v) is 21.1.